The summed E-state index contributed by atoms with van der Waals surface area (Å²) >= 11 is 7.12. The Morgan fingerprint density at radius 2 is 1.71 bits per heavy atom. The third kappa shape index (κ3) is 6.36. The molecule has 1 atom stereocenters. The molecule has 0 fully saturated rings. The van der Waals surface area contributed by atoms with Crippen molar-refractivity contribution in [3.05, 3.63) is 70.5 Å². The van der Waals surface area contributed by atoms with Gasteiger partial charge in [-0.25, -0.2) is 4.79 Å². The van der Waals surface area contributed by atoms with Gasteiger partial charge < -0.3 is 19.9 Å². The SMILES string of the molecule is CCn1c(SCC(=O)Nc2ccc(C(=O)OC)cc2)nnc1[C@H](C)NC(=O)c1ccc(Cl)cc1. The van der Waals surface area contributed by atoms with Crippen molar-refractivity contribution in [3.63, 3.8) is 0 Å². The van der Waals surface area contributed by atoms with E-state index in [1.165, 1.54) is 18.9 Å². The number of halogens is 1. The van der Waals surface area contributed by atoms with Crippen molar-refractivity contribution in [2.75, 3.05) is 18.2 Å². The van der Waals surface area contributed by atoms with Gasteiger partial charge in [0.25, 0.3) is 5.91 Å². The maximum absolute atomic E-state index is 12.5. The van der Waals surface area contributed by atoms with Gasteiger partial charge >= 0.3 is 5.97 Å². The number of thioether (sulfide) groups is 1. The highest BCUT2D eigenvalue weighted by atomic mass is 35.5. The van der Waals surface area contributed by atoms with Gasteiger partial charge in [-0.1, -0.05) is 23.4 Å². The molecule has 0 unspecified atom stereocenters. The molecule has 0 spiro atoms. The Hall–Kier alpha value is -3.37. The number of carbonyl (C=O) groups excluding carboxylic acids is 3. The van der Waals surface area contributed by atoms with Crippen LogP contribution in [-0.2, 0) is 16.1 Å². The van der Waals surface area contributed by atoms with E-state index in [2.05, 4.69) is 25.6 Å². The fraction of sp³-hybridized carbons (Fsp3) is 0.261. The summed E-state index contributed by atoms with van der Waals surface area (Å²) < 4.78 is 6.52. The van der Waals surface area contributed by atoms with Crippen LogP contribution in [0.5, 0.6) is 0 Å². The molecule has 0 radical (unpaired) electrons. The molecule has 0 aliphatic carbocycles. The van der Waals surface area contributed by atoms with E-state index in [-0.39, 0.29) is 17.6 Å². The topological polar surface area (TPSA) is 115 Å². The lowest BCUT2D eigenvalue weighted by Crippen LogP contribution is -2.28. The first-order valence-electron chi connectivity index (χ1n) is 10.4. The van der Waals surface area contributed by atoms with Crippen molar-refractivity contribution in [2.45, 2.75) is 31.6 Å². The fourth-order valence-electron chi connectivity index (χ4n) is 3.10. The normalized spacial score (nSPS) is 11.5. The predicted molar refractivity (Wildman–Crippen MR) is 130 cm³/mol. The van der Waals surface area contributed by atoms with Crippen molar-refractivity contribution >= 4 is 46.8 Å². The molecule has 0 aliphatic rings. The van der Waals surface area contributed by atoms with E-state index in [9.17, 15) is 14.4 Å². The largest absolute Gasteiger partial charge is 0.465 e. The first-order valence-corrected chi connectivity index (χ1v) is 11.8. The number of nitrogens with one attached hydrogen (secondary N) is 2. The number of hydrogen-bond acceptors (Lipinski definition) is 7. The number of methoxy groups -OCH3 is 1. The van der Waals surface area contributed by atoms with Gasteiger partial charge in [0.05, 0.1) is 24.5 Å². The van der Waals surface area contributed by atoms with E-state index in [1.807, 2.05) is 18.4 Å². The van der Waals surface area contributed by atoms with Crippen molar-refractivity contribution in [3.8, 4) is 0 Å². The molecule has 0 saturated heterocycles. The Morgan fingerprint density at radius 1 is 1.06 bits per heavy atom. The highest BCUT2D eigenvalue weighted by molar-refractivity contribution is 7.99. The Bertz CT molecular complexity index is 1170. The number of aromatic nitrogens is 3. The summed E-state index contributed by atoms with van der Waals surface area (Å²) in [7, 11) is 1.31. The molecule has 11 heteroatoms. The second-order valence-corrected chi connectivity index (χ2v) is 8.57. The number of rotatable bonds is 9. The van der Waals surface area contributed by atoms with E-state index >= 15 is 0 Å². The van der Waals surface area contributed by atoms with Gasteiger partial charge in [-0.05, 0) is 62.4 Å². The first kappa shape index (κ1) is 25.3. The van der Waals surface area contributed by atoms with Crippen LogP contribution in [0.2, 0.25) is 5.02 Å². The summed E-state index contributed by atoms with van der Waals surface area (Å²) in [6, 6.07) is 12.6. The number of carbonyl (C=O) groups is 3. The predicted octanol–water partition coefficient (Wildman–Crippen LogP) is 3.96. The zero-order valence-corrected chi connectivity index (χ0v) is 20.4. The average molecular weight is 502 g/mol. The summed E-state index contributed by atoms with van der Waals surface area (Å²) in [5.41, 5.74) is 1.45. The van der Waals surface area contributed by atoms with E-state index in [1.54, 1.807) is 48.5 Å². The van der Waals surface area contributed by atoms with Crippen molar-refractivity contribution < 1.29 is 19.1 Å². The zero-order chi connectivity index (χ0) is 24.7. The minimum atomic E-state index is -0.443. The quantitative estimate of drug-likeness (QED) is 0.337. The average Bonchev–Trinajstić information content (AvgIpc) is 3.26. The van der Waals surface area contributed by atoms with Gasteiger partial charge in [0, 0.05) is 22.8 Å². The number of esters is 1. The Balaban J connectivity index is 1.59. The maximum Gasteiger partial charge on any atom is 0.337 e. The van der Waals surface area contributed by atoms with Gasteiger partial charge in [0.2, 0.25) is 5.91 Å². The Labute approximate surface area is 206 Å². The molecular weight excluding hydrogens is 478 g/mol. The monoisotopic (exact) mass is 501 g/mol. The van der Waals surface area contributed by atoms with Gasteiger partial charge in [0.1, 0.15) is 0 Å². The summed E-state index contributed by atoms with van der Waals surface area (Å²) in [4.78, 5) is 36.4. The van der Waals surface area contributed by atoms with Crippen LogP contribution in [0.25, 0.3) is 0 Å². The number of benzene rings is 2. The molecule has 34 heavy (non-hydrogen) atoms. The van der Waals surface area contributed by atoms with Crippen molar-refractivity contribution in [1.82, 2.24) is 20.1 Å². The fourth-order valence-corrected chi connectivity index (χ4v) is 4.04. The molecular formula is C23H24ClN5O4S. The van der Waals surface area contributed by atoms with E-state index in [0.717, 1.165) is 0 Å². The third-order valence-electron chi connectivity index (χ3n) is 4.83. The lowest BCUT2D eigenvalue weighted by molar-refractivity contribution is -0.113. The van der Waals surface area contributed by atoms with Gasteiger partial charge in [-0.15, -0.1) is 10.2 Å². The highest BCUT2D eigenvalue weighted by Gasteiger charge is 2.20. The number of nitrogens with zero attached hydrogens (tertiary/aromatic N) is 3. The molecule has 3 rings (SSSR count). The van der Waals surface area contributed by atoms with Gasteiger partial charge in [-0.3, -0.25) is 9.59 Å². The lowest BCUT2D eigenvalue weighted by atomic mass is 10.2. The molecule has 3 aromatic rings. The molecule has 2 N–H and O–H groups in total. The lowest BCUT2D eigenvalue weighted by Gasteiger charge is -2.15. The summed E-state index contributed by atoms with van der Waals surface area (Å²) in [5.74, 6) is -0.218. The number of amides is 2. The molecule has 178 valence electrons. The summed E-state index contributed by atoms with van der Waals surface area (Å²) in [6.45, 7) is 4.33. The van der Waals surface area contributed by atoms with Crippen LogP contribution in [0.3, 0.4) is 0 Å². The maximum atomic E-state index is 12.5. The van der Waals surface area contributed by atoms with E-state index in [0.29, 0.717) is 39.4 Å². The van der Waals surface area contributed by atoms with Crippen LogP contribution in [0.4, 0.5) is 5.69 Å². The van der Waals surface area contributed by atoms with Crippen LogP contribution in [0, 0.1) is 0 Å². The smallest absolute Gasteiger partial charge is 0.337 e. The molecule has 1 heterocycles. The number of anilines is 1. The molecule has 2 amide bonds. The van der Waals surface area contributed by atoms with Crippen molar-refractivity contribution in [1.29, 1.82) is 0 Å². The van der Waals surface area contributed by atoms with Crippen LogP contribution in [0.15, 0.2) is 53.7 Å². The van der Waals surface area contributed by atoms with Crippen molar-refractivity contribution in [2.24, 2.45) is 0 Å². The van der Waals surface area contributed by atoms with Crippen LogP contribution >= 0.6 is 23.4 Å². The second-order valence-electron chi connectivity index (χ2n) is 7.19. The third-order valence-corrected chi connectivity index (χ3v) is 6.04. The molecule has 0 saturated carbocycles. The molecule has 0 bridgehead atoms. The van der Waals surface area contributed by atoms with E-state index < -0.39 is 12.0 Å². The number of hydrogen-bond donors (Lipinski definition) is 2. The summed E-state index contributed by atoms with van der Waals surface area (Å²) in [5, 5.41) is 15.2. The molecule has 9 nitrogen and oxygen atoms in total. The first-order chi connectivity index (χ1) is 16.3. The summed E-state index contributed by atoms with van der Waals surface area (Å²) in [6.07, 6.45) is 0. The zero-order valence-electron chi connectivity index (χ0n) is 18.9. The molecule has 0 aliphatic heterocycles. The van der Waals surface area contributed by atoms with Crippen LogP contribution in [0.1, 0.15) is 46.4 Å². The Kier molecular flexibility index (Phi) is 8.67. The highest BCUT2D eigenvalue weighted by Crippen LogP contribution is 2.21. The van der Waals surface area contributed by atoms with Gasteiger partial charge in [0.15, 0.2) is 11.0 Å². The second kappa shape index (κ2) is 11.7. The van der Waals surface area contributed by atoms with Crippen LogP contribution in [-0.4, -0.2) is 45.4 Å². The molecule has 1 aromatic heterocycles. The Morgan fingerprint density at radius 3 is 2.32 bits per heavy atom. The number of ether oxygens (including phenoxy) is 1. The van der Waals surface area contributed by atoms with Gasteiger partial charge in [-0.2, -0.15) is 0 Å². The molecule has 2 aromatic carbocycles. The minimum absolute atomic E-state index is 0.113. The van der Waals surface area contributed by atoms with Crippen LogP contribution < -0.4 is 10.6 Å². The standard InChI is InChI=1S/C23H24ClN5O4S/c1-4-29-20(14(2)25-21(31)15-5-9-17(24)10-6-15)27-28-23(29)34-13-19(30)26-18-11-7-16(8-12-18)22(32)33-3/h5-12,14H,4,13H2,1-3H3,(H,25,31)(H,26,30)/t14-/m0/s1. The minimum Gasteiger partial charge on any atom is -0.465 e. The van der Waals surface area contributed by atoms with E-state index in [4.69, 9.17) is 11.6 Å².